The summed E-state index contributed by atoms with van der Waals surface area (Å²) >= 11 is 0. The Bertz CT molecular complexity index is 919. The molecule has 9 heteroatoms. The Morgan fingerprint density at radius 2 is 1.96 bits per heavy atom. The van der Waals surface area contributed by atoms with Crippen molar-refractivity contribution >= 4 is 24.3 Å². The van der Waals surface area contributed by atoms with Crippen LogP contribution in [-0.2, 0) is 7.05 Å². The SMILES string of the molecule is Cl.Cn1nc(C2CCNCC2)nc1NC(=O)c1ccc(Oc2ccccc2)o1. The molecule has 2 aromatic heterocycles. The number of hydrogen-bond donors (Lipinski definition) is 2. The third-order valence-corrected chi connectivity index (χ3v) is 4.48. The minimum Gasteiger partial charge on any atom is -0.426 e. The van der Waals surface area contributed by atoms with E-state index in [-0.39, 0.29) is 24.1 Å². The average molecular weight is 404 g/mol. The summed E-state index contributed by atoms with van der Waals surface area (Å²) in [5, 5.41) is 10.5. The summed E-state index contributed by atoms with van der Waals surface area (Å²) in [5.41, 5.74) is 0. The molecule has 1 amide bonds. The lowest BCUT2D eigenvalue weighted by Crippen LogP contribution is -2.27. The van der Waals surface area contributed by atoms with Gasteiger partial charge in [0.2, 0.25) is 5.95 Å². The van der Waals surface area contributed by atoms with Gasteiger partial charge in [-0.2, -0.15) is 10.1 Å². The van der Waals surface area contributed by atoms with Crippen molar-refractivity contribution in [3.63, 3.8) is 0 Å². The van der Waals surface area contributed by atoms with E-state index in [2.05, 4.69) is 20.7 Å². The fourth-order valence-corrected chi connectivity index (χ4v) is 3.03. The first-order chi connectivity index (χ1) is 13.2. The van der Waals surface area contributed by atoms with E-state index in [0.29, 0.717) is 17.6 Å². The Morgan fingerprint density at radius 1 is 1.21 bits per heavy atom. The molecular weight excluding hydrogens is 382 g/mol. The van der Waals surface area contributed by atoms with Gasteiger partial charge < -0.3 is 14.5 Å². The molecule has 0 unspecified atom stereocenters. The molecule has 28 heavy (non-hydrogen) atoms. The van der Waals surface area contributed by atoms with Crippen LogP contribution in [0.2, 0.25) is 0 Å². The van der Waals surface area contributed by atoms with Crippen LogP contribution < -0.4 is 15.4 Å². The number of aromatic nitrogens is 3. The summed E-state index contributed by atoms with van der Waals surface area (Å²) in [6.07, 6.45) is 1.99. The number of piperidine rings is 1. The number of nitrogens with one attached hydrogen (secondary N) is 2. The van der Waals surface area contributed by atoms with Gasteiger partial charge >= 0.3 is 0 Å². The first kappa shape index (κ1) is 19.9. The van der Waals surface area contributed by atoms with Crippen molar-refractivity contribution in [3.8, 4) is 11.7 Å². The van der Waals surface area contributed by atoms with Crippen molar-refractivity contribution in [2.45, 2.75) is 18.8 Å². The Balaban J connectivity index is 0.00000225. The van der Waals surface area contributed by atoms with Crippen LogP contribution >= 0.6 is 12.4 Å². The number of nitrogens with zero attached hydrogens (tertiary/aromatic N) is 3. The maximum atomic E-state index is 12.5. The van der Waals surface area contributed by atoms with E-state index in [1.54, 1.807) is 23.9 Å². The van der Waals surface area contributed by atoms with Gasteiger partial charge in [-0.05, 0) is 44.1 Å². The van der Waals surface area contributed by atoms with Gasteiger partial charge in [-0.25, -0.2) is 4.68 Å². The van der Waals surface area contributed by atoms with Gasteiger partial charge in [-0.3, -0.25) is 10.1 Å². The Kier molecular flexibility index (Phi) is 6.33. The third kappa shape index (κ3) is 4.52. The Morgan fingerprint density at radius 3 is 2.71 bits per heavy atom. The molecule has 0 atom stereocenters. The second kappa shape index (κ2) is 8.90. The second-order valence-corrected chi connectivity index (χ2v) is 6.43. The Labute approximate surface area is 168 Å². The molecule has 0 bridgehead atoms. The van der Waals surface area contributed by atoms with Crippen molar-refractivity contribution in [2.75, 3.05) is 18.4 Å². The smallest absolute Gasteiger partial charge is 0.293 e. The normalized spacial score (nSPS) is 14.3. The lowest BCUT2D eigenvalue weighted by Gasteiger charge is -2.19. The number of halogens is 1. The zero-order chi connectivity index (χ0) is 18.6. The largest absolute Gasteiger partial charge is 0.426 e. The Hall–Kier alpha value is -2.84. The van der Waals surface area contributed by atoms with Crippen LogP contribution in [0.5, 0.6) is 11.7 Å². The maximum absolute atomic E-state index is 12.5. The molecule has 3 aromatic rings. The van der Waals surface area contributed by atoms with Gasteiger partial charge in [-0.1, -0.05) is 18.2 Å². The highest BCUT2D eigenvalue weighted by Crippen LogP contribution is 2.25. The molecule has 0 aliphatic carbocycles. The monoisotopic (exact) mass is 403 g/mol. The molecule has 2 N–H and O–H groups in total. The van der Waals surface area contributed by atoms with E-state index >= 15 is 0 Å². The van der Waals surface area contributed by atoms with Crippen molar-refractivity contribution in [3.05, 3.63) is 54.0 Å². The highest BCUT2D eigenvalue weighted by molar-refractivity contribution is 6.01. The van der Waals surface area contributed by atoms with Crippen LogP contribution in [0.3, 0.4) is 0 Å². The molecule has 0 radical (unpaired) electrons. The fourth-order valence-electron chi connectivity index (χ4n) is 3.03. The number of anilines is 1. The minimum absolute atomic E-state index is 0. The number of carbonyl (C=O) groups is 1. The number of hydrogen-bond acceptors (Lipinski definition) is 6. The van der Waals surface area contributed by atoms with E-state index in [4.69, 9.17) is 9.15 Å². The molecular formula is C19H22ClN5O3. The van der Waals surface area contributed by atoms with Crippen LogP contribution in [0.1, 0.15) is 35.1 Å². The summed E-state index contributed by atoms with van der Waals surface area (Å²) in [5.74, 6) is 2.12. The minimum atomic E-state index is -0.398. The fraction of sp³-hybridized carbons (Fsp3) is 0.316. The maximum Gasteiger partial charge on any atom is 0.293 e. The number of aryl methyl sites for hydroxylation is 1. The zero-order valence-corrected chi connectivity index (χ0v) is 16.2. The van der Waals surface area contributed by atoms with Crippen LogP contribution in [0.25, 0.3) is 0 Å². The summed E-state index contributed by atoms with van der Waals surface area (Å²) in [6.45, 7) is 1.92. The van der Waals surface area contributed by atoms with Crippen molar-refractivity contribution in [1.82, 2.24) is 20.1 Å². The lowest BCUT2D eigenvalue weighted by molar-refractivity contribution is 0.0990. The van der Waals surface area contributed by atoms with Crippen LogP contribution in [0.15, 0.2) is 46.9 Å². The number of benzene rings is 1. The zero-order valence-electron chi connectivity index (χ0n) is 15.4. The van der Waals surface area contributed by atoms with Crippen LogP contribution in [0, 0.1) is 0 Å². The molecule has 148 valence electrons. The highest BCUT2D eigenvalue weighted by atomic mass is 35.5. The molecule has 8 nitrogen and oxygen atoms in total. The predicted octanol–water partition coefficient (Wildman–Crippen LogP) is 3.34. The molecule has 1 aliphatic heterocycles. The van der Waals surface area contributed by atoms with Crippen molar-refractivity contribution in [2.24, 2.45) is 7.05 Å². The first-order valence-corrected chi connectivity index (χ1v) is 8.95. The van der Waals surface area contributed by atoms with E-state index in [9.17, 15) is 4.79 Å². The number of furan rings is 1. The lowest BCUT2D eigenvalue weighted by atomic mass is 9.98. The molecule has 0 saturated carbocycles. The van der Waals surface area contributed by atoms with E-state index in [1.165, 1.54) is 0 Å². The molecule has 1 aromatic carbocycles. The van der Waals surface area contributed by atoms with Gasteiger partial charge in [-0.15, -0.1) is 12.4 Å². The second-order valence-electron chi connectivity index (χ2n) is 6.43. The van der Waals surface area contributed by atoms with Crippen LogP contribution in [0.4, 0.5) is 5.95 Å². The highest BCUT2D eigenvalue weighted by Gasteiger charge is 2.22. The molecule has 4 rings (SSSR count). The summed E-state index contributed by atoms with van der Waals surface area (Å²) in [4.78, 5) is 17.0. The van der Waals surface area contributed by atoms with Crippen molar-refractivity contribution in [1.29, 1.82) is 0 Å². The van der Waals surface area contributed by atoms with E-state index in [1.807, 2.05) is 30.3 Å². The molecule has 1 aliphatic rings. The standard InChI is InChI=1S/C19H21N5O3.ClH/c1-24-19(21-17(23-24)13-9-11-20-12-10-13)22-18(25)15-7-8-16(27-15)26-14-5-3-2-4-6-14;/h2-8,13,20H,9-12H2,1H3,(H,21,22,23,25);1H. The number of carbonyl (C=O) groups excluding carboxylic acids is 1. The molecule has 3 heterocycles. The number of rotatable bonds is 5. The number of amides is 1. The van der Waals surface area contributed by atoms with Gasteiger partial charge in [0.05, 0.1) is 0 Å². The average Bonchev–Trinajstić information content (AvgIpc) is 3.30. The molecule has 1 saturated heterocycles. The molecule has 0 spiro atoms. The number of para-hydroxylation sites is 1. The topological polar surface area (TPSA) is 94.2 Å². The van der Waals surface area contributed by atoms with Crippen LogP contribution in [-0.4, -0.2) is 33.8 Å². The molecule has 1 fully saturated rings. The third-order valence-electron chi connectivity index (χ3n) is 4.48. The van der Waals surface area contributed by atoms with Gasteiger partial charge in [0.1, 0.15) is 5.75 Å². The quantitative estimate of drug-likeness (QED) is 0.678. The predicted molar refractivity (Wildman–Crippen MR) is 106 cm³/mol. The van der Waals surface area contributed by atoms with E-state index in [0.717, 1.165) is 31.8 Å². The van der Waals surface area contributed by atoms with Crippen molar-refractivity contribution < 1.29 is 13.9 Å². The van der Waals surface area contributed by atoms with E-state index < -0.39 is 5.91 Å². The number of ether oxygens (including phenoxy) is 1. The summed E-state index contributed by atoms with van der Waals surface area (Å²) in [7, 11) is 1.76. The van der Waals surface area contributed by atoms with Gasteiger partial charge in [0, 0.05) is 19.0 Å². The summed E-state index contributed by atoms with van der Waals surface area (Å²) < 4.78 is 12.6. The first-order valence-electron chi connectivity index (χ1n) is 8.95. The van der Waals surface area contributed by atoms with Gasteiger partial charge in [0.25, 0.3) is 11.9 Å². The summed E-state index contributed by atoms with van der Waals surface area (Å²) in [6, 6.07) is 12.4. The van der Waals surface area contributed by atoms with Gasteiger partial charge in [0.15, 0.2) is 11.6 Å².